The molecule has 0 bridgehead atoms. The summed E-state index contributed by atoms with van der Waals surface area (Å²) in [5.41, 5.74) is 2.78. The van der Waals surface area contributed by atoms with Crippen LogP contribution in [0.1, 0.15) is 46.9 Å². The van der Waals surface area contributed by atoms with Crippen molar-refractivity contribution in [3.05, 3.63) is 41.2 Å². The molecule has 4 rings (SSSR count). The molecule has 1 amide bonds. The topological polar surface area (TPSA) is 67.5 Å². The molecule has 2 aliphatic rings. The van der Waals surface area contributed by atoms with E-state index >= 15 is 0 Å². The molecule has 1 fully saturated rings. The molecule has 3 heterocycles. The van der Waals surface area contributed by atoms with Crippen molar-refractivity contribution in [2.24, 2.45) is 0 Å². The van der Waals surface area contributed by atoms with Crippen molar-refractivity contribution >= 4 is 5.91 Å². The lowest BCUT2D eigenvalue weighted by Crippen LogP contribution is -2.39. The summed E-state index contributed by atoms with van der Waals surface area (Å²) in [6.45, 7) is 3.86. The summed E-state index contributed by atoms with van der Waals surface area (Å²) in [5.74, 6) is 1.39. The average Bonchev–Trinajstić information content (AvgIpc) is 3.06. The summed E-state index contributed by atoms with van der Waals surface area (Å²) >= 11 is 0. The minimum atomic E-state index is 0.0330. The van der Waals surface area contributed by atoms with Gasteiger partial charge in [0, 0.05) is 12.1 Å². The third-order valence-electron chi connectivity index (χ3n) is 4.75. The van der Waals surface area contributed by atoms with E-state index in [1.165, 1.54) is 0 Å². The minimum Gasteiger partial charge on any atom is -0.486 e. The Hall–Kier alpha value is -2.50. The lowest BCUT2D eigenvalue weighted by Gasteiger charge is -2.35. The van der Waals surface area contributed by atoms with Gasteiger partial charge in [0.25, 0.3) is 5.91 Å². The molecule has 0 spiro atoms. The van der Waals surface area contributed by atoms with Crippen LogP contribution in [0, 0.1) is 6.92 Å². The van der Waals surface area contributed by atoms with Gasteiger partial charge in [-0.15, -0.1) is 0 Å². The number of hydrogen-bond donors (Lipinski definition) is 1. The first-order valence-electron chi connectivity index (χ1n) is 8.44. The molecular formula is C18H21N3O3. The first-order valence-corrected chi connectivity index (χ1v) is 8.44. The van der Waals surface area contributed by atoms with Gasteiger partial charge in [-0.25, -0.2) is 0 Å². The van der Waals surface area contributed by atoms with E-state index in [1.807, 2.05) is 30.2 Å². The maximum absolute atomic E-state index is 13.1. The summed E-state index contributed by atoms with van der Waals surface area (Å²) in [6, 6.07) is 5.49. The van der Waals surface area contributed by atoms with E-state index in [9.17, 15) is 4.79 Å². The third-order valence-corrected chi connectivity index (χ3v) is 4.75. The largest absolute Gasteiger partial charge is 0.486 e. The molecule has 1 aromatic heterocycles. The van der Waals surface area contributed by atoms with Crippen molar-refractivity contribution in [3.8, 4) is 11.5 Å². The molecule has 1 atom stereocenters. The van der Waals surface area contributed by atoms with Gasteiger partial charge in [-0.05, 0) is 49.9 Å². The molecule has 0 aliphatic carbocycles. The monoisotopic (exact) mass is 327 g/mol. The van der Waals surface area contributed by atoms with Crippen molar-refractivity contribution in [3.63, 3.8) is 0 Å². The first-order chi connectivity index (χ1) is 11.7. The zero-order valence-corrected chi connectivity index (χ0v) is 13.7. The number of rotatable bonds is 2. The fraction of sp³-hybridized carbons (Fsp3) is 0.444. The van der Waals surface area contributed by atoms with Gasteiger partial charge in [-0.2, -0.15) is 5.10 Å². The molecule has 6 heteroatoms. The predicted octanol–water partition coefficient (Wildman–Crippen LogP) is 2.86. The Kier molecular flexibility index (Phi) is 3.88. The summed E-state index contributed by atoms with van der Waals surface area (Å²) in [6.07, 6.45) is 4.92. The van der Waals surface area contributed by atoms with E-state index in [0.29, 0.717) is 30.3 Å². The van der Waals surface area contributed by atoms with Crippen LogP contribution in [-0.4, -0.2) is 40.8 Å². The number of carbonyl (C=O) groups excluding carboxylic acids is 1. The van der Waals surface area contributed by atoms with E-state index in [2.05, 4.69) is 10.2 Å². The van der Waals surface area contributed by atoms with Crippen LogP contribution in [0.2, 0.25) is 0 Å². The molecule has 126 valence electrons. The fourth-order valence-corrected chi connectivity index (χ4v) is 3.51. The van der Waals surface area contributed by atoms with Crippen LogP contribution in [0.15, 0.2) is 24.4 Å². The number of nitrogens with zero attached hydrogens (tertiary/aromatic N) is 2. The number of amides is 1. The van der Waals surface area contributed by atoms with Crippen molar-refractivity contribution in [1.29, 1.82) is 0 Å². The molecular weight excluding hydrogens is 306 g/mol. The van der Waals surface area contributed by atoms with Crippen LogP contribution >= 0.6 is 0 Å². The molecule has 1 N–H and O–H groups in total. The second-order valence-electron chi connectivity index (χ2n) is 6.34. The highest BCUT2D eigenvalue weighted by Gasteiger charge is 2.31. The maximum atomic E-state index is 13.1. The predicted molar refractivity (Wildman–Crippen MR) is 88.4 cm³/mol. The number of piperidine rings is 1. The number of benzene rings is 1. The van der Waals surface area contributed by atoms with Crippen molar-refractivity contribution in [1.82, 2.24) is 15.1 Å². The second-order valence-corrected chi connectivity index (χ2v) is 6.34. The average molecular weight is 327 g/mol. The Morgan fingerprint density at radius 3 is 2.88 bits per heavy atom. The fourth-order valence-electron chi connectivity index (χ4n) is 3.51. The number of ether oxygens (including phenoxy) is 2. The Balaban J connectivity index is 1.63. The van der Waals surface area contributed by atoms with Crippen molar-refractivity contribution < 1.29 is 14.3 Å². The van der Waals surface area contributed by atoms with Gasteiger partial charge in [-0.3, -0.25) is 9.89 Å². The number of likely N-dealkylation sites (tertiary alicyclic amines) is 1. The highest BCUT2D eigenvalue weighted by molar-refractivity contribution is 5.95. The molecule has 1 aromatic carbocycles. The van der Waals surface area contributed by atoms with E-state index < -0.39 is 0 Å². The quantitative estimate of drug-likeness (QED) is 0.921. The highest BCUT2D eigenvalue weighted by atomic mass is 16.6. The standard InChI is InChI=1S/C18H21N3O3/c1-12-11-19-20-17(12)14-4-2-3-7-21(14)18(22)13-5-6-15-16(10-13)24-9-8-23-15/h5-6,10-11,14H,2-4,7-9H2,1H3,(H,19,20)/t14-/m1/s1. The molecule has 24 heavy (non-hydrogen) atoms. The van der Waals surface area contributed by atoms with Gasteiger partial charge in [0.15, 0.2) is 11.5 Å². The Bertz CT molecular complexity index is 756. The SMILES string of the molecule is Cc1cn[nH]c1[C@H]1CCCCN1C(=O)c1ccc2c(c1)OCCO2. The van der Waals surface area contributed by atoms with E-state index in [1.54, 1.807) is 6.07 Å². The molecule has 6 nitrogen and oxygen atoms in total. The molecule has 0 unspecified atom stereocenters. The lowest BCUT2D eigenvalue weighted by atomic mass is 9.96. The summed E-state index contributed by atoms with van der Waals surface area (Å²) in [4.78, 5) is 15.1. The van der Waals surface area contributed by atoms with Crippen molar-refractivity contribution in [2.75, 3.05) is 19.8 Å². The number of carbonyl (C=O) groups is 1. The number of aromatic nitrogens is 2. The number of aromatic amines is 1. The van der Waals surface area contributed by atoms with Crippen LogP contribution < -0.4 is 9.47 Å². The lowest BCUT2D eigenvalue weighted by molar-refractivity contribution is 0.0604. The maximum Gasteiger partial charge on any atom is 0.254 e. The Morgan fingerprint density at radius 1 is 1.25 bits per heavy atom. The second kappa shape index (κ2) is 6.19. The normalized spacial score (nSPS) is 20.0. The molecule has 2 aromatic rings. The summed E-state index contributed by atoms with van der Waals surface area (Å²) in [5, 5.41) is 7.19. The number of hydrogen-bond acceptors (Lipinski definition) is 4. The van der Waals surface area contributed by atoms with Crippen LogP contribution in [0.25, 0.3) is 0 Å². The van der Waals surface area contributed by atoms with Crippen molar-refractivity contribution in [2.45, 2.75) is 32.2 Å². The number of H-pyrrole nitrogens is 1. The van der Waals surface area contributed by atoms with Gasteiger partial charge in [0.05, 0.1) is 17.9 Å². The zero-order chi connectivity index (χ0) is 16.5. The van der Waals surface area contributed by atoms with Gasteiger partial charge in [0.1, 0.15) is 13.2 Å². The highest BCUT2D eigenvalue weighted by Crippen LogP contribution is 2.35. The van der Waals surface area contributed by atoms with E-state index in [4.69, 9.17) is 9.47 Å². The van der Waals surface area contributed by atoms with Gasteiger partial charge >= 0.3 is 0 Å². The smallest absolute Gasteiger partial charge is 0.254 e. The van der Waals surface area contributed by atoms with Gasteiger partial charge < -0.3 is 14.4 Å². The number of nitrogens with one attached hydrogen (secondary N) is 1. The minimum absolute atomic E-state index is 0.0330. The van der Waals surface area contributed by atoms with E-state index in [0.717, 1.165) is 37.1 Å². The first kappa shape index (κ1) is 15.1. The van der Waals surface area contributed by atoms with Gasteiger partial charge in [-0.1, -0.05) is 0 Å². The molecule has 2 aliphatic heterocycles. The van der Waals surface area contributed by atoms with Crippen LogP contribution in [0.5, 0.6) is 11.5 Å². The van der Waals surface area contributed by atoms with Crippen LogP contribution in [0.4, 0.5) is 0 Å². The third kappa shape index (κ3) is 2.62. The number of fused-ring (bicyclic) bond motifs is 1. The Labute approximate surface area is 140 Å². The zero-order valence-electron chi connectivity index (χ0n) is 13.7. The summed E-state index contributed by atoms with van der Waals surface area (Å²) in [7, 11) is 0. The molecule has 1 saturated heterocycles. The number of aryl methyl sites for hydroxylation is 1. The molecule has 0 saturated carbocycles. The molecule has 0 radical (unpaired) electrons. The van der Waals surface area contributed by atoms with Crippen LogP contribution in [-0.2, 0) is 0 Å². The summed E-state index contributed by atoms with van der Waals surface area (Å²) < 4.78 is 11.1. The van der Waals surface area contributed by atoms with Crippen LogP contribution in [0.3, 0.4) is 0 Å². The van der Waals surface area contributed by atoms with Gasteiger partial charge in [0.2, 0.25) is 0 Å². The van der Waals surface area contributed by atoms with E-state index in [-0.39, 0.29) is 11.9 Å². The Morgan fingerprint density at radius 2 is 2.08 bits per heavy atom.